The van der Waals surface area contributed by atoms with Crippen LogP contribution in [-0.2, 0) is 6.42 Å². The van der Waals surface area contributed by atoms with Gasteiger partial charge in [0.25, 0.3) is 0 Å². The van der Waals surface area contributed by atoms with Gasteiger partial charge < -0.3 is 24.4 Å². The summed E-state index contributed by atoms with van der Waals surface area (Å²) in [4.78, 5) is 25.4. The van der Waals surface area contributed by atoms with E-state index in [1.807, 2.05) is 43.4 Å². The molecule has 3 aromatic rings. The maximum Gasteiger partial charge on any atom is 0.339 e. The van der Waals surface area contributed by atoms with Gasteiger partial charge in [0, 0.05) is 37.6 Å². The van der Waals surface area contributed by atoms with Gasteiger partial charge in [-0.1, -0.05) is 18.2 Å². The summed E-state index contributed by atoms with van der Waals surface area (Å²) in [7, 11) is 5.34. The van der Waals surface area contributed by atoms with E-state index in [1.165, 1.54) is 6.20 Å². The number of carbonyl (C=O) groups is 1. The first-order chi connectivity index (χ1) is 17.0. The smallest absolute Gasteiger partial charge is 0.339 e. The molecule has 1 aliphatic heterocycles. The van der Waals surface area contributed by atoms with Crippen LogP contribution in [0.4, 0.5) is 11.6 Å². The van der Waals surface area contributed by atoms with Crippen molar-refractivity contribution in [2.75, 3.05) is 44.2 Å². The third-order valence-corrected chi connectivity index (χ3v) is 6.50. The summed E-state index contributed by atoms with van der Waals surface area (Å²) in [6.07, 6.45) is 4.67. The summed E-state index contributed by atoms with van der Waals surface area (Å²) in [6.45, 7) is 1.57. The molecule has 8 nitrogen and oxygen atoms in total. The second-order valence-corrected chi connectivity index (χ2v) is 8.66. The number of para-hydroxylation sites is 1. The Labute approximate surface area is 206 Å². The average molecular weight is 477 g/mol. The molecule has 0 radical (unpaired) electrons. The van der Waals surface area contributed by atoms with E-state index in [2.05, 4.69) is 26.9 Å². The first-order valence-electron chi connectivity index (χ1n) is 11.9. The number of anilines is 2. The van der Waals surface area contributed by atoms with Crippen LogP contribution >= 0.6 is 0 Å². The van der Waals surface area contributed by atoms with E-state index in [4.69, 9.17) is 14.5 Å². The molecule has 35 heavy (non-hydrogen) atoms. The molecule has 2 heterocycles. The predicted molar refractivity (Wildman–Crippen MR) is 136 cm³/mol. The molecule has 1 atom stereocenters. The van der Waals surface area contributed by atoms with E-state index in [-0.39, 0.29) is 11.6 Å². The lowest BCUT2D eigenvalue weighted by Gasteiger charge is -2.27. The van der Waals surface area contributed by atoms with Crippen LogP contribution in [0.15, 0.2) is 54.7 Å². The van der Waals surface area contributed by atoms with Crippen molar-refractivity contribution in [3.63, 3.8) is 0 Å². The first-order valence-corrected chi connectivity index (χ1v) is 11.9. The Morgan fingerprint density at radius 2 is 1.97 bits per heavy atom. The zero-order chi connectivity index (χ0) is 24.8. The van der Waals surface area contributed by atoms with E-state index < -0.39 is 5.97 Å². The number of methoxy groups -OCH3 is 2. The highest BCUT2D eigenvalue weighted by Crippen LogP contribution is 2.40. The molecule has 1 N–H and O–H groups in total. The van der Waals surface area contributed by atoms with Crippen LogP contribution in [0, 0.1) is 0 Å². The number of hydrogen-bond donors (Lipinski definition) is 1. The van der Waals surface area contributed by atoms with Crippen molar-refractivity contribution in [3.8, 4) is 11.5 Å². The summed E-state index contributed by atoms with van der Waals surface area (Å²) in [5, 5.41) is 9.73. The number of nitrogens with zero attached hydrogens (tertiary/aromatic N) is 4. The minimum absolute atomic E-state index is 0.0211. The molecule has 0 aliphatic carbocycles. The Bertz CT molecular complexity index is 1160. The topological polar surface area (TPSA) is 88.0 Å². The van der Waals surface area contributed by atoms with Crippen molar-refractivity contribution in [2.45, 2.75) is 31.7 Å². The second kappa shape index (κ2) is 11.1. The number of aromatic nitrogens is 2. The van der Waals surface area contributed by atoms with Crippen LogP contribution in [0.3, 0.4) is 0 Å². The lowest BCUT2D eigenvalue weighted by Crippen LogP contribution is -2.26. The molecular weight excluding hydrogens is 444 g/mol. The summed E-state index contributed by atoms with van der Waals surface area (Å²) in [5.41, 5.74) is 2.86. The minimum atomic E-state index is -1.00. The average Bonchev–Trinajstić information content (AvgIpc) is 3.38. The fraction of sp³-hybridized carbons (Fsp3) is 0.370. The van der Waals surface area contributed by atoms with Crippen LogP contribution in [0.1, 0.15) is 46.9 Å². The Morgan fingerprint density at radius 3 is 2.69 bits per heavy atom. The summed E-state index contributed by atoms with van der Waals surface area (Å²) in [5.74, 6) is 1.09. The molecule has 0 spiro atoms. The van der Waals surface area contributed by atoms with Crippen molar-refractivity contribution >= 4 is 17.6 Å². The fourth-order valence-electron chi connectivity index (χ4n) is 4.64. The van der Waals surface area contributed by atoms with Gasteiger partial charge in [-0.05, 0) is 56.0 Å². The van der Waals surface area contributed by atoms with Gasteiger partial charge in [0.05, 0.1) is 31.5 Å². The number of ether oxygens (including phenoxy) is 2. The van der Waals surface area contributed by atoms with Crippen molar-refractivity contribution < 1.29 is 19.4 Å². The Balaban J connectivity index is 1.56. The maximum absolute atomic E-state index is 11.9. The predicted octanol–water partition coefficient (Wildman–Crippen LogP) is 4.60. The van der Waals surface area contributed by atoms with E-state index >= 15 is 0 Å². The molecule has 1 aliphatic rings. The van der Waals surface area contributed by atoms with Crippen LogP contribution in [0.2, 0.25) is 0 Å². The molecule has 4 rings (SSSR count). The van der Waals surface area contributed by atoms with E-state index in [0.717, 1.165) is 55.1 Å². The van der Waals surface area contributed by atoms with Gasteiger partial charge in [-0.3, -0.25) is 0 Å². The number of rotatable bonds is 10. The Hall–Kier alpha value is -3.81. The maximum atomic E-state index is 11.9. The van der Waals surface area contributed by atoms with Crippen LogP contribution in [0.25, 0.3) is 0 Å². The normalized spacial score (nSPS) is 15.2. The zero-order valence-corrected chi connectivity index (χ0v) is 20.5. The van der Waals surface area contributed by atoms with Gasteiger partial charge in [0.1, 0.15) is 11.5 Å². The molecular formula is C27H32N4O4. The number of benzene rings is 2. The molecule has 0 amide bonds. The van der Waals surface area contributed by atoms with Gasteiger partial charge in [-0.15, -0.1) is 0 Å². The van der Waals surface area contributed by atoms with Crippen molar-refractivity contribution in [2.24, 2.45) is 0 Å². The minimum Gasteiger partial charge on any atom is -0.497 e. The van der Waals surface area contributed by atoms with E-state index in [0.29, 0.717) is 18.1 Å². The van der Waals surface area contributed by atoms with Gasteiger partial charge in [0.15, 0.2) is 0 Å². The zero-order valence-electron chi connectivity index (χ0n) is 20.5. The van der Waals surface area contributed by atoms with E-state index in [1.54, 1.807) is 14.2 Å². The highest BCUT2D eigenvalue weighted by molar-refractivity contribution is 5.88. The molecule has 184 valence electrons. The molecule has 2 aromatic carbocycles. The lowest BCUT2D eigenvalue weighted by atomic mass is 10.0. The van der Waals surface area contributed by atoms with Gasteiger partial charge >= 0.3 is 5.97 Å². The molecule has 1 fully saturated rings. The van der Waals surface area contributed by atoms with Gasteiger partial charge in [-0.25, -0.2) is 14.8 Å². The molecule has 1 aromatic heterocycles. The Kier molecular flexibility index (Phi) is 7.70. The van der Waals surface area contributed by atoms with Gasteiger partial charge in [0.2, 0.25) is 5.95 Å². The number of carboxylic acids is 1. The van der Waals surface area contributed by atoms with Crippen molar-refractivity contribution in [1.82, 2.24) is 9.97 Å². The SMILES string of the molecule is COc1ccc(OC)c(C2CCCN2c2ncc(C(=O)O)c(CCCN(C)c3ccccc3)n2)c1. The van der Waals surface area contributed by atoms with E-state index in [9.17, 15) is 9.90 Å². The molecule has 1 saturated heterocycles. The highest BCUT2D eigenvalue weighted by atomic mass is 16.5. The molecule has 0 bridgehead atoms. The Morgan fingerprint density at radius 1 is 1.17 bits per heavy atom. The largest absolute Gasteiger partial charge is 0.497 e. The number of aromatic carboxylic acids is 1. The molecule has 0 saturated carbocycles. The number of hydrogen-bond acceptors (Lipinski definition) is 7. The molecule has 8 heteroatoms. The quantitative estimate of drug-likeness (QED) is 0.454. The third kappa shape index (κ3) is 5.48. The highest BCUT2D eigenvalue weighted by Gasteiger charge is 2.31. The molecule has 1 unspecified atom stereocenters. The summed E-state index contributed by atoms with van der Waals surface area (Å²) in [6, 6.07) is 15.9. The lowest BCUT2D eigenvalue weighted by molar-refractivity contribution is 0.0694. The van der Waals surface area contributed by atoms with Crippen LogP contribution < -0.4 is 19.3 Å². The number of carboxylic acid groups (broad SMARTS) is 1. The van der Waals surface area contributed by atoms with Crippen molar-refractivity contribution in [1.29, 1.82) is 0 Å². The third-order valence-electron chi connectivity index (χ3n) is 6.50. The summed E-state index contributed by atoms with van der Waals surface area (Å²) >= 11 is 0. The first kappa shape index (κ1) is 24.3. The fourth-order valence-corrected chi connectivity index (χ4v) is 4.64. The standard InChI is InChI=1S/C27H32N4O4/c1-30(19-9-5-4-6-10-19)15-7-11-23-22(26(32)33)18-28-27(29-23)31-16-8-12-24(31)21-17-20(34-2)13-14-25(21)35-3/h4-6,9-10,13-14,17-18,24H,7-8,11-12,15-16H2,1-3H3,(H,32,33). The second-order valence-electron chi connectivity index (χ2n) is 8.66. The number of aryl methyl sites for hydroxylation is 1. The summed E-state index contributed by atoms with van der Waals surface area (Å²) < 4.78 is 11.1. The van der Waals surface area contributed by atoms with Gasteiger partial charge in [-0.2, -0.15) is 0 Å². The van der Waals surface area contributed by atoms with Crippen LogP contribution in [-0.4, -0.2) is 55.4 Å². The van der Waals surface area contributed by atoms with Crippen molar-refractivity contribution in [3.05, 3.63) is 71.5 Å². The monoisotopic (exact) mass is 476 g/mol. The van der Waals surface area contributed by atoms with Crippen LogP contribution in [0.5, 0.6) is 11.5 Å².